The Morgan fingerprint density at radius 2 is 1.92 bits per heavy atom. The molecule has 0 bridgehead atoms. The number of aromatic carboxylic acids is 1. The van der Waals surface area contributed by atoms with E-state index in [9.17, 15) is 14.3 Å². The fraction of sp³-hybridized carbons (Fsp3) is 0.211. The molecule has 0 aliphatic rings. The van der Waals surface area contributed by atoms with Crippen LogP contribution in [0.25, 0.3) is 11.1 Å². The Kier molecular flexibility index (Phi) is 6.31. The Morgan fingerprint density at radius 3 is 2.42 bits per heavy atom. The number of nitrogens with zero attached hydrogens (tertiary/aromatic N) is 3. The fourth-order valence-electron chi connectivity index (χ4n) is 2.45. The van der Waals surface area contributed by atoms with Crippen molar-refractivity contribution in [2.24, 2.45) is 10.3 Å². The average Bonchev–Trinajstić information content (AvgIpc) is 2.65. The number of carbonyl (C=O) groups is 1. The number of rotatable bonds is 6. The Bertz CT molecular complexity index is 888. The molecule has 0 radical (unpaired) electrons. The molecule has 2 aromatic carbocycles. The molecule has 0 saturated carbocycles. The van der Waals surface area contributed by atoms with Gasteiger partial charge in [0.2, 0.25) is 0 Å². The van der Waals surface area contributed by atoms with E-state index in [4.69, 9.17) is 18.0 Å². The van der Waals surface area contributed by atoms with Gasteiger partial charge in [0.25, 0.3) is 0 Å². The summed E-state index contributed by atoms with van der Waals surface area (Å²) in [6.07, 6.45) is 5.50. The summed E-state index contributed by atoms with van der Waals surface area (Å²) in [5, 5.41) is 19.0. The van der Waals surface area contributed by atoms with Gasteiger partial charge in [-0.1, -0.05) is 53.1 Å². The SMILES string of the molecule is C#Cc1c(Cl)c(F)c(C(=O)O)c(-c2ccccc2)c1/N=N/N(CC)CC. The van der Waals surface area contributed by atoms with Crippen LogP contribution in [0, 0.1) is 18.2 Å². The second-order valence-electron chi connectivity index (χ2n) is 5.25. The molecule has 7 heteroatoms. The van der Waals surface area contributed by atoms with Gasteiger partial charge in [0.1, 0.15) is 11.3 Å². The Morgan fingerprint density at radius 1 is 1.31 bits per heavy atom. The van der Waals surface area contributed by atoms with Gasteiger partial charge in [0.05, 0.1) is 10.6 Å². The van der Waals surface area contributed by atoms with Crippen molar-refractivity contribution < 1.29 is 14.3 Å². The summed E-state index contributed by atoms with van der Waals surface area (Å²) >= 11 is 5.99. The van der Waals surface area contributed by atoms with Crippen LogP contribution >= 0.6 is 11.6 Å². The van der Waals surface area contributed by atoms with Crippen LogP contribution in [0.2, 0.25) is 5.02 Å². The third-order valence-electron chi connectivity index (χ3n) is 3.78. The molecule has 0 aliphatic carbocycles. The number of carboxylic acid groups (broad SMARTS) is 1. The molecule has 0 aliphatic heterocycles. The van der Waals surface area contributed by atoms with E-state index in [-0.39, 0.29) is 16.8 Å². The zero-order chi connectivity index (χ0) is 19.3. The lowest BCUT2D eigenvalue weighted by molar-refractivity contribution is 0.0693. The fourth-order valence-corrected chi connectivity index (χ4v) is 2.69. The molecule has 0 atom stereocenters. The molecule has 0 heterocycles. The topological polar surface area (TPSA) is 65.3 Å². The van der Waals surface area contributed by atoms with Gasteiger partial charge < -0.3 is 5.11 Å². The molecule has 0 unspecified atom stereocenters. The van der Waals surface area contributed by atoms with Crippen molar-refractivity contribution in [3.05, 3.63) is 52.3 Å². The van der Waals surface area contributed by atoms with Crippen LogP contribution in [0.3, 0.4) is 0 Å². The number of terminal acetylenes is 1. The monoisotopic (exact) mass is 373 g/mol. The predicted molar refractivity (Wildman–Crippen MR) is 99.2 cm³/mol. The quantitative estimate of drug-likeness (QED) is 0.431. The smallest absolute Gasteiger partial charge is 0.339 e. The third kappa shape index (κ3) is 3.68. The van der Waals surface area contributed by atoms with Crippen molar-refractivity contribution in [1.29, 1.82) is 0 Å². The van der Waals surface area contributed by atoms with Gasteiger partial charge in [0.15, 0.2) is 5.82 Å². The maximum atomic E-state index is 14.7. The number of carboxylic acids is 1. The first-order valence-corrected chi connectivity index (χ1v) is 8.30. The lowest BCUT2D eigenvalue weighted by atomic mass is 9.94. The molecular weight excluding hydrogens is 357 g/mol. The van der Waals surface area contributed by atoms with Crippen LogP contribution < -0.4 is 0 Å². The molecular formula is C19H17ClFN3O2. The Balaban J connectivity index is 2.91. The van der Waals surface area contributed by atoms with Gasteiger partial charge in [-0.3, -0.25) is 5.01 Å². The minimum atomic E-state index is -1.47. The summed E-state index contributed by atoms with van der Waals surface area (Å²) in [4.78, 5) is 11.7. The summed E-state index contributed by atoms with van der Waals surface area (Å²) in [6, 6.07) is 8.45. The predicted octanol–water partition coefficient (Wildman–Crippen LogP) is 5.17. The van der Waals surface area contributed by atoms with Gasteiger partial charge >= 0.3 is 5.97 Å². The minimum Gasteiger partial charge on any atom is -0.478 e. The largest absolute Gasteiger partial charge is 0.478 e. The molecule has 2 rings (SSSR count). The van der Waals surface area contributed by atoms with E-state index in [0.29, 0.717) is 18.7 Å². The van der Waals surface area contributed by atoms with Gasteiger partial charge in [-0.15, -0.1) is 11.5 Å². The highest BCUT2D eigenvalue weighted by Gasteiger charge is 2.28. The lowest BCUT2D eigenvalue weighted by Crippen LogP contribution is -2.14. The molecule has 1 N–H and O–H groups in total. The van der Waals surface area contributed by atoms with E-state index in [1.54, 1.807) is 35.3 Å². The van der Waals surface area contributed by atoms with Crippen molar-refractivity contribution in [2.75, 3.05) is 13.1 Å². The van der Waals surface area contributed by atoms with E-state index in [2.05, 4.69) is 16.3 Å². The van der Waals surface area contributed by atoms with Crippen LogP contribution in [0.5, 0.6) is 0 Å². The summed E-state index contributed by atoms with van der Waals surface area (Å²) in [5.41, 5.74) is -0.0821. The number of halogens is 2. The van der Waals surface area contributed by atoms with Crippen LogP contribution in [0.4, 0.5) is 10.1 Å². The Hall–Kier alpha value is -2.91. The molecule has 2 aromatic rings. The second-order valence-corrected chi connectivity index (χ2v) is 5.62. The first-order chi connectivity index (χ1) is 12.5. The molecule has 0 fully saturated rings. The van der Waals surface area contributed by atoms with Crippen LogP contribution in [0.15, 0.2) is 40.7 Å². The summed E-state index contributed by atoms with van der Waals surface area (Å²) < 4.78 is 14.7. The van der Waals surface area contributed by atoms with Gasteiger partial charge in [0, 0.05) is 18.7 Å². The highest BCUT2D eigenvalue weighted by molar-refractivity contribution is 6.33. The van der Waals surface area contributed by atoms with Gasteiger partial charge in [-0.05, 0) is 19.4 Å². The van der Waals surface area contributed by atoms with Crippen molar-refractivity contribution >= 4 is 23.3 Å². The molecule has 0 spiro atoms. The van der Waals surface area contributed by atoms with E-state index >= 15 is 0 Å². The van der Waals surface area contributed by atoms with E-state index < -0.39 is 22.4 Å². The maximum Gasteiger partial charge on any atom is 0.339 e. The third-order valence-corrected chi connectivity index (χ3v) is 4.13. The Labute approximate surface area is 156 Å². The zero-order valence-electron chi connectivity index (χ0n) is 14.3. The minimum absolute atomic E-state index is 0.0380. The van der Waals surface area contributed by atoms with Crippen LogP contribution in [-0.4, -0.2) is 29.2 Å². The molecule has 0 aromatic heterocycles. The van der Waals surface area contributed by atoms with E-state index in [1.165, 1.54) is 0 Å². The van der Waals surface area contributed by atoms with Crippen LogP contribution in [-0.2, 0) is 0 Å². The normalized spacial score (nSPS) is 10.7. The molecule has 0 amide bonds. The molecule has 26 heavy (non-hydrogen) atoms. The van der Waals surface area contributed by atoms with Crippen molar-refractivity contribution in [3.63, 3.8) is 0 Å². The molecule has 5 nitrogen and oxygen atoms in total. The molecule has 0 saturated heterocycles. The average molecular weight is 374 g/mol. The standard InChI is InChI=1S/C19H17ClFN3O2/c1-4-13-16(20)17(21)15(19(25)26)14(12-10-8-7-9-11-12)18(13)22-23-24(5-2)6-3/h1,7-11H,5-6H2,2-3H3,(H,25,26)/b23-22+. The zero-order valence-corrected chi connectivity index (χ0v) is 15.1. The van der Waals surface area contributed by atoms with Gasteiger partial charge in [-0.25, -0.2) is 9.18 Å². The first-order valence-electron chi connectivity index (χ1n) is 7.93. The summed E-state index contributed by atoms with van der Waals surface area (Å²) in [5.74, 6) is -0.253. The van der Waals surface area contributed by atoms with Crippen LogP contribution in [0.1, 0.15) is 29.8 Å². The lowest BCUT2D eigenvalue weighted by Gasteiger charge is -2.16. The van der Waals surface area contributed by atoms with Crippen molar-refractivity contribution in [2.45, 2.75) is 13.8 Å². The summed E-state index contributed by atoms with van der Waals surface area (Å²) in [7, 11) is 0. The van der Waals surface area contributed by atoms with Crippen molar-refractivity contribution in [1.82, 2.24) is 5.01 Å². The maximum absolute atomic E-state index is 14.7. The number of benzene rings is 2. The van der Waals surface area contributed by atoms with Gasteiger partial charge in [-0.2, -0.15) is 0 Å². The highest BCUT2D eigenvalue weighted by atomic mass is 35.5. The van der Waals surface area contributed by atoms with E-state index in [1.807, 2.05) is 13.8 Å². The molecule has 134 valence electrons. The number of hydrogen-bond donors (Lipinski definition) is 1. The van der Waals surface area contributed by atoms with Crippen molar-refractivity contribution in [3.8, 4) is 23.5 Å². The highest BCUT2D eigenvalue weighted by Crippen LogP contribution is 2.42. The second kappa shape index (κ2) is 8.45. The summed E-state index contributed by atoms with van der Waals surface area (Å²) in [6.45, 7) is 4.96. The number of hydrogen-bond acceptors (Lipinski definition) is 3. The van der Waals surface area contributed by atoms with E-state index in [0.717, 1.165) is 0 Å². The first kappa shape index (κ1) is 19.4.